The molecule has 1 aromatic carbocycles. The number of pyridine rings is 1. The van der Waals surface area contributed by atoms with Gasteiger partial charge in [0.2, 0.25) is 5.88 Å². The lowest BCUT2D eigenvalue weighted by Gasteiger charge is -2.08. The van der Waals surface area contributed by atoms with Crippen LogP contribution in [0.2, 0.25) is 0 Å². The average Bonchev–Trinajstić information content (AvgIpc) is 2.56. The second-order valence-corrected chi connectivity index (χ2v) is 4.81. The van der Waals surface area contributed by atoms with Crippen molar-refractivity contribution in [3.8, 4) is 5.88 Å². The number of anilines is 1. The minimum absolute atomic E-state index is 0.0186. The zero-order valence-corrected chi connectivity index (χ0v) is 13.0. The summed E-state index contributed by atoms with van der Waals surface area (Å²) in [4.78, 5) is 27.5. The molecule has 1 aromatic heterocycles. The SMILES string of the molecule is COCCOc1cc(C(=O)Nc2ccc(C(C)=O)cc2)ccn1. The molecular weight excluding hydrogens is 296 g/mol. The van der Waals surface area contributed by atoms with Crippen LogP contribution in [0, 0.1) is 0 Å². The van der Waals surface area contributed by atoms with Crippen molar-refractivity contribution >= 4 is 17.4 Å². The Balaban J connectivity index is 2.02. The molecule has 0 aliphatic rings. The first-order valence-corrected chi connectivity index (χ1v) is 7.10. The van der Waals surface area contributed by atoms with Crippen LogP contribution in [0.5, 0.6) is 5.88 Å². The van der Waals surface area contributed by atoms with E-state index in [1.165, 1.54) is 13.1 Å². The third-order valence-electron chi connectivity index (χ3n) is 3.08. The Morgan fingerprint density at radius 3 is 2.48 bits per heavy atom. The number of carbonyl (C=O) groups excluding carboxylic acids is 2. The van der Waals surface area contributed by atoms with Gasteiger partial charge in [-0.25, -0.2) is 4.98 Å². The van der Waals surface area contributed by atoms with Crippen molar-refractivity contribution in [2.45, 2.75) is 6.92 Å². The van der Waals surface area contributed by atoms with E-state index < -0.39 is 0 Å². The summed E-state index contributed by atoms with van der Waals surface area (Å²) in [5, 5.41) is 2.76. The highest BCUT2D eigenvalue weighted by atomic mass is 16.5. The molecule has 0 aliphatic carbocycles. The maximum Gasteiger partial charge on any atom is 0.255 e. The van der Waals surface area contributed by atoms with Crippen molar-refractivity contribution < 1.29 is 19.1 Å². The number of aromatic nitrogens is 1. The quantitative estimate of drug-likeness (QED) is 0.628. The number of ketones is 1. The highest BCUT2D eigenvalue weighted by molar-refractivity contribution is 6.04. The van der Waals surface area contributed by atoms with E-state index in [1.807, 2.05) is 0 Å². The number of benzene rings is 1. The van der Waals surface area contributed by atoms with Gasteiger partial charge in [-0.3, -0.25) is 9.59 Å². The number of amides is 1. The van der Waals surface area contributed by atoms with Crippen LogP contribution in [0.4, 0.5) is 5.69 Å². The van der Waals surface area contributed by atoms with Gasteiger partial charge >= 0.3 is 0 Å². The summed E-state index contributed by atoms with van der Waals surface area (Å²) in [7, 11) is 1.58. The van der Waals surface area contributed by atoms with Crippen LogP contribution in [0.15, 0.2) is 42.6 Å². The van der Waals surface area contributed by atoms with Crippen LogP contribution in [-0.2, 0) is 4.74 Å². The molecule has 6 heteroatoms. The van der Waals surface area contributed by atoms with Crippen LogP contribution >= 0.6 is 0 Å². The zero-order chi connectivity index (χ0) is 16.7. The van der Waals surface area contributed by atoms with Crippen molar-refractivity contribution in [3.63, 3.8) is 0 Å². The molecule has 6 nitrogen and oxygen atoms in total. The summed E-state index contributed by atoms with van der Waals surface area (Å²) in [5.41, 5.74) is 1.64. The van der Waals surface area contributed by atoms with Crippen molar-refractivity contribution in [2.75, 3.05) is 25.6 Å². The van der Waals surface area contributed by atoms with Crippen LogP contribution in [0.3, 0.4) is 0 Å². The van der Waals surface area contributed by atoms with Crippen molar-refractivity contribution in [2.24, 2.45) is 0 Å². The number of ether oxygens (including phenoxy) is 2. The van der Waals surface area contributed by atoms with Crippen molar-refractivity contribution in [1.82, 2.24) is 4.98 Å². The van der Waals surface area contributed by atoms with Gasteiger partial charge in [0.1, 0.15) is 6.61 Å². The van der Waals surface area contributed by atoms with Gasteiger partial charge in [0.05, 0.1) is 6.61 Å². The third kappa shape index (κ3) is 4.89. The minimum Gasteiger partial charge on any atom is -0.475 e. The van der Waals surface area contributed by atoms with Crippen LogP contribution in [0.1, 0.15) is 27.6 Å². The predicted octanol–water partition coefficient (Wildman–Crippen LogP) is 2.56. The van der Waals surface area contributed by atoms with Gasteiger partial charge in [0.15, 0.2) is 5.78 Å². The molecular formula is C17H18N2O4. The Hall–Kier alpha value is -2.73. The fourth-order valence-corrected chi connectivity index (χ4v) is 1.85. The Labute approximate surface area is 134 Å². The van der Waals surface area contributed by atoms with E-state index in [2.05, 4.69) is 10.3 Å². The van der Waals surface area contributed by atoms with Gasteiger partial charge in [-0.2, -0.15) is 0 Å². The van der Waals surface area contributed by atoms with Crippen LogP contribution in [-0.4, -0.2) is 37.0 Å². The van der Waals surface area contributed by atoms with E-state index in [0.717, 1.165) is 0 Å². The molecule has 0 bridgehead atoms. The standard InChI is InChI=1S/C17H18N2O4/c1-12(20)13-3-5-15(6-4-13)19-17(21)14-7-8-18-16(11-14)23-10-9-22-2/h3-8,11H,9-10H2,1-2H3,(H,19,21). The first-order chi connectivity index (χ1) is 11.1. The second-order valence-electron chi connectivity index (χ2n) is 4.81. The molecule has 120 valence electrons. The van der Waals surface area contributed by atoms with E-state index >= 15 is 0 Å². The molecule has 1 amide bonds. The fraction of sp³-hybridized carbons (Fsp3) is 0.235. The van der Waals surface area contributed by atoms with E-state index in [-0.39, 0.29) is 11.7 Å². The number of carbonyl (C=O) groups is 2. The maximum atomic E-state index is 12.2. The monoisotopic (exact) mass is 314 g/mol. The smallest absolute Gasteiger partial charge is 0.255 e. The highest BCUT2D eigenvalue weighted by Crippen LogP contribution is 2.14. The van der Waals surface area contributed by atoms with Gasteiger partial charge in [0, 0.05) is 36.2 Å². The zero-order valence-electron chi connectivity index (χ0n) is 13.0. The number of Topliss-reactive ketones (excluding diaryl/α,β-unsaturated/α-hetero) is 1. The molecule has 0 aliphatic heterocycles. The summed E-state index contributed by atoms with van der Waals surface area (Å²) in [6.45, 7) is 2.30. The molecule has 2 aromatic rings. The van der Waals surface area contributed by atoms with Gasteiger partial charge in [0.25, 0.3) is 5.91 Å². The first-order valence-electron chi connectivity index (χ1n) is 7.10. The molecule has 0 fully saturated rings. The van der Waals surface area contributed by atoms with Crippen molar-refractivity contribution in [1.29, 1.82) is 0 Å². The minimum atomic E-state index is -0.278. The lowest BCUT2D eigenvalue weighted by atomic mass is 10.1. The molecule has 1 heterocycles. The number of nitrogens with zero attached hydrogens (tertiary/aromatic N) is 1. The molecule has 2 rings (SSSR count). The van der Waals surface area contributed by atoms with Gasteiger partial charge < -0.3 is 14.8 Å². The third-order valence-corrected chi connectivity index (χ3v) is 3.08. The second kappa shape index (κ2) is 8.05. The van der Waals surface area contributed by atoms with E-state index in [4.69, 9.17) is 9.47 Å². The number of methoxy groups -OCH3 is 1. The molecule has 23 heavy (non-hydrogen) atoms. The van der Waals surface area contributed by atoms with E-state index in [1.54, 1.807) is 43.5 Å². The Morgan fingerprint density at radius 2 is 1.83 bits per heavy atom. The van der Waals surface area contributed by atoms with Crippen molar-refractivity contribution in [3.05, 3.63) is 53.7 Å². The summed E-state index contributed by atoms with van der Waals surface area (Å²) >= 11 is 0. The Kier molecular flexibility index (Phi) is 5.82. The molecule has 0 radical (unpaired) electrons. The highest BCUT2D eigenvalue weighted by Gasteiger charge is 2.08. The van der Waals surface area contributed by atoms with Crippen LogP contribution in [0.25, 0.3) is 0 Å². The largest absolute Gasteiger partial charge is 0.475 e. The van der Waals surface area contributed by atoms with Crippen LogP contribution < -0.4 is 10.1 Å². The normalized spacial score (nSPS) is 10.2. The maximum absolute atomic E-state index is 12.2. The molecule has 0 saturated carbocycles. The molecule has 0 spiro atoms. The predicted molar refractivity (Wildman–Crippen MR) is 86.0 cm³/mol. The Bertz CT molecular complexity index is 683. The molecule has 0 atom stereocenters. The summed E-state index contributed by atoms with van der Waals surface area (Å²) < 4.78 is 10.3. The summed E-state index contributed by atoms with van der Waals surface area (Å²) in [5.74, 6) is 0.0658. The number of hydrogen-bond acceptors (Lipinski definition) is 5. The molecule has 0 unspecified atom stereocenters. The fourth-order valence-electron chi connectivity index (χ4n) is 1.85. The van der Waals surface area contributed by atoms with Gasteiger partial charge in [-0.15, -0.1) is 0 Å². The van der Waals surface area contributed by atoms with Gasteiger partial charge in [-0.1, -0.05) is 0 Å². The Morgan fingerprint density at radius 1 is 1.09 bits per heavy atom. The topological polar surface area (TPSA) is 77.5 Å². The number of rotatable bonds is 7. The number of nitrogens with one attached hydrogen (secondary N) is 1. The van der Waals surface area contributed by atoms with Gasteiger partial charge in [-0.05, 0) is 37.3 Å². The molecule has 0 saturated heterocycles. The lowest BCUT2D eigenvalue weighted by molar-refractivity contribution is 0.101. The van der Waals surface area contributed by atoms with E-state index in [9.17, 15) is 9.59 Å². The average molecular weight is 314 g/mol. The lowest BCUT2D eigenvalue weighted by Crippen LogP contribution is -2.13. The first kappa shape index (κ1) is 16.6. The van der Waals surface area contributed by atoms with E-state index in [0.29, 0.717) is 35.9 Å². The summed E-state index contributed by atoms with van der Waals surface area (Å²) in [6, 6.07) is 9.88. The molecule has 1 N–H and O–H groups in total. The summed E-state index contributed by atoms with van der Waals surface area (Å²) in [6.07, 6.45) is 1.51. The number of hydrogen-bond donors (Lipinski definition) is 1.